The second kappa shape index (κ2) is 9.68. The Morgan fingerprint density at radius 3 is 2.42 bits per heavy atom. The van der Waals surface area contributed by atoms with Crippen LogP contribution in [0.3, 0.4) is 0 Å². The van der Waals surface area contributed by atoms with Gasteiger partial charge in [0.05, 0.1) is 7.11 Å². The molecule has 1 unspecified atom stereocenters. The largest absolute Gasteiger partial charge is 0.493 e. The summed E-state index contributed by atoms with van der Waals surface area (Å²) < 4.78 is 15.6. The normalized spacial score (nSPS) is 11.3. The van der Waals surface area contributed by atoms with E-state index in [1.807, 2.05) is 6.07 Å². The number of carbonyl (C=O) groups is 2. The van der Waals surface area contributed by atoms with Crippen molar-refractivity contribution in [2.45, 2.75) is 19.6 Å². The quantitative estimate of drug-likeness (QED) is 0.716. The average Bonchev–Trinajstić information content (AvgIpc) is 2.65. The number of ether oxygens (including phenoxy) is 3. The lowest BCUT2D eigenvalue weighted by molar-refractivity contribution is -0.156. The number of hydrogen-bond donors (Lipinski definition) is 1. The minimum Gasteiger partial charge on any atom is -0.493 e. The van der Waals surface area contributed by atoms with Gasteiger partial charge in [-0.1, -0.05) is 41.9 Å². The van der Waals surface area contributed by atoms with Crippen LogP contribution in [0.15, 0.2) is 48.5 Å². The molecule has 7 heteroatoms. The van der Waals surface area contributed by atoms with Crippen molar-refractivity contribution >= 4 is 23.5 Å². The summed E-state index contributed by atoms with van der Waals surface area (Å²) in [6, 6.07) is 14.1. The molecule has 0 heterocycles. The van der Waals surface area contributed by atoms with E-state index in [1.54, 1.807) is 42.5 Å². The third-order valence-corrected chi connectivity index (χ3v) is 3.87. The van der Waals surface area contributed by atoms with Crippen LogP contribution < -0.4 is 14.8 Å². The smallest absolute Gasteiger partial charge is 0.344 e. The Labute approximate surface area is 157 Å². The summed E-state index contributed by atoms with van der Waals surface area (Å²) >= 11 is 6.03. The van der Waals surface area contributed by atoms with Gasteiger partial charge >= 0.3 is 5.97 Å². The molecule has 0 bridgehead atoms. The Bertz CT molecular complexity index is 765. The number of para-hydroxylation sites is 2. The number of nitrogens with one attached hydrogen (secondary N) is 1. The SMILES string of the molecule is COc1ccccc1OCC(=O)OC(C)C(=O)NCc1ccccc1Cl. The van der Waals surface area contributed by atoms with Gasteiger partial charge in [-0.3, -0.25) is 4.79 Å². The highest BCUT2D eigenvalue weighted by Gasteiger charge is 2.18. The van der Waals surface area contributed by atoms with Crippen molar-refractivity contribution < 1.29 is 23.8 Å². The first-order valence-corrected chi connectivity index (χ1v) is 8.35. The van der Waals surface area contributed by atoms with Gasteiger partial charge in [-0.05, 0) is 30.7 Å². The first-order chi connectivity index (χ1) is 12.5. The molecule has 0 saturated heterocycles. The van der Waals surface area contributed by atoms with Crippen LogP contribution in [0.4, 0.5) is 0 Å². The summed E-state index contributed by atoms with van der Waals surface area (Å²) in [6.07, 6.45) is -0.953. The summed E-state index contributed by atoms with van der Waals surface area (Å²) in [4.78, 5) is 23.9. The standard InChI is InChI=1S/C19H20ClNO5/c1-13(19(23)21-11-14-7-3-4-8-15(14)20)26-18(22)12-25-17-10-6-5-9-16(17)24-2/h3-10,13H,11-12H2,1-2H3,(H,21,23). The number of halogens is 1. The van der Waals surface area contributed by atoms with Crippen LogP contribution >= 0.6 is 11.6 Å². The molecule has 0 radical (unpaired) electrons. The molecule has 26 heavy (non-hydrogen) atoms. The number of benzene rings is 2. The zero-order valence-corrected chi connectivity index (χ0v) is 15.3. The summed E-state index contributed by atoms with van der Waals surface area (Å²) in [6.45, 7) is 1.41. The fourth-order valence-electron chi connectivity index (χ4n) is 2.13. The highest BCUT2D eigenvalue weighted by atomic mass is 35.5. The van der Waals surface area contributed by atoms with Crippen molar-refractivity contribution in [1.82, 2.24) is 5.32 Å². The molecular formula is C19H20ClNO5. The van der Waals surface area contributed by atoms with E-state index in [0.29, 0.717) is 16.5 Å². The Morgan fingerprint density at radius 1 is 1.08 bits per heavy atom. The van der Waals surface area contributed by atoms with E-state index in [9.17, 15) is 9.59 Å². The minimum absolute atomic E-state index is 0.248. The van der Waals surface area contributed by atoms with Gasteiger partial charge in [0.15, 0.2) is 24.2 Å². The first-order valence-electron chi connectivity index (χ1n) is 7.97. The molecule has 0 fully saturated rings. The highest BCUT2D eigenvalue weighted by Crippen LogP contribution is 2.25. The van der Waals surface area contributed by atoms with Crippen LogP contribution in [0.25, 0.3) is 0 Å². The van der Waals surface area contributed by atoms with Gasteiger partial charge in [-0.2, -0.15) is 0 Å². The number of carbonyl (C=O) groups excluding carboxylic acids is 2. The van der Waals surface area contributed by atoms with Crippen molar-refractivity contribution in [2.24, 2.45) is 0 Å². The lowest BCUT2D eigenvalue weighted by Crippen LogP contribution is -2.36. The van der Waals surface area contributed by atoms with E-state index in [4.69, 9.17) is 25.8 Å². The van der Waals surface area contributed by atoms with Crippen molar-refractivity contribution in [3.05, 3.63) is 59.1 Å². The van der Waals surface area contributed by atoms with Gasteiger partial charge in [0.2, 0.25) is 0 Å². The Hall–Kier alpha value is -2.73. The van der Waals surface area contributed by atoms with Crippen LogP contribution in [-0.4, -0.2) is 31.7 Å². The third-order valence-electron chi connectivity index (χ3n) is 3.50. The highest BCUT2D eigenvalue weighted by molar-refractivity contribution is 6.31. The second-order valence-corrected chi connectivity index (χ2v) is 5.79. The van der Waals surface area contributed by atoms with Crippen LogP contribution in [0.2, 0.25) is 5.02 Å². The minimum atomic E-state index is -0.953. The number of rotatable bonds is 8. The maximum atomic E-state index is 12.0. The average molecular weight is 378 g/mol. The van der Waals surface area contributed by atoms with Crippen LogP contribution in [-0.2, 0) is 20.9 Å². The van der Waals surface area contributed by atoms with Gasteiger partial charge < -0.3 is 19.5 Å². The molecule has 0 aliphatic carbocycles. The van der Waals surface area contributed by atoms with E-state index in [2.05, 4.69) is 5.32 Å². The third kappa shape index (κ3) is 5.67. The van der Waals surface area contributed by atoms with Crippen LogP contribution in [0.5, 0.6) is 11.5 Å². The van der Waals surface area contributed by atoms with Crippen molar-refractivity contribution in [3.63, 3.8) is 0 Å². The van der Waals surface area contributed by atoms with Gasteiger partial charge in [0, 0.05) is 11.6 Å². The molecule has 0 spiro atoms. The lowest BCUT2D eigenvalue weighted by atomic mass is 10.2. The Kier molecular flexibility index (Phi) is 7.29. The number of hydrogen-bond acceptors (Lipinski definition) is 5. The van der Waals surface area contributed by atoms with E-state index in [0.717, 1.165) is 5.56 Å². The van der Waals surface area contributed by atoms with Crippen LogP contribution in [0, 0.1) is 0 Å². The van der Waals surface area contributed by atoms with E-state index in [1.165, 1.54) is 14.0 Å². The Balaban J connectivity index is 1.79. The molecule has 1 N–H and O–H groups in total. The van der Waals surface area contributed by atoms with Crippen molar-refractivity contribution in [1.29, 1.82) is 0 Å². The molecule has 6 nitrogen and oxygen atoms in total. The number of amides is 1. The molecule has 1 atom stereocenters. The molecule has 2 aromatic rings. The molecule has 138 valence electrons. The summed E-state index contributed by atoms with van der Waals surface area (Å²) in [5.74, 6) is -0.152. The molecule has 1 amide bonds. The summed E-state index contributed by atoms with van der Waals surface area (Å²) in [5.41, 5.74) is 0.778. The lowest BCUT2D eigenvalue weighted by Gasteiger charge is -2.15. The molecule has 0 aliphatic heterocycles. The predicted octanol–water partition coefficient (Wildman–Crippen LogP) is 2.98. The molecule has 0 aromatic heterocycles. The van der Waals surface area contributed by atoms with E-state index >= 15 is 0 Å². The van der Waals surface area contributed by atoms with Crippen molar-refractivity contribution in [3.8, 4) is 11.5 Å². The second-order valence-electron chi connectivity index (χ2n) is 5.38. The molecule has 2 rings (SSSR count). The predicted molar refractivity (Wildman–Crippen MR) is 97.3 cm³/mol. The van der Waals surface area contributed by atoms with Crippen molar-refractivity contribution in [2.75, 3.05) is 13.7 Å². The van der Waals surface area contributed by atoms with Crippen LogP contribution in [0.1, 0.15) is 12.5 Å². The molecular weight excluding hydrogens is 358 g/mol. The van der Waals surface area contributed by atoms with E-state index in [-0.39, 0.29) is 13.2 Å². The topological polar surface area (TPSA) is 73.9 Å². The monoisotopic (exact) mass is 377 g/mol. The molecule has 0 saturated carbocycles. The van der Waals surface area contributed by atoms with Gasteiger partial charge in [0.25, 0.3) is 5.91 Å². The van der Waals surface area contributed by atoms with Gasteiger partial charge in [-0.25, -0.2) is 4.79 Å². The fourth-order valence-corrected chi connectivity index (χ4v) is 2.33. The maximum Gasteiger partial charge on any atom is 0.344 e. The van der Waals surface area contributed by atoms with E-state index < -0.39 is 18.0 Å². The first kappa shape index (κ1) is 19.6. The maximum absolute atomic E-state index is 12.0. The number of methoxy groups -OCH3 is 1. The molecule has 0 aliphatic rings. The van der Waals surface area contributed by atoms with Gasteiger partial charge in [0.1, 0.15) is 0 Å². The van der Waals surface area contributed by atoms with Gasteiger partial charge in [-0.15, -0.1) is 0 Å². The summed E-state index contributed by atoms with van der Waals surface area (Å²) in [5, 5.41) is 3.23. The zero-order valence-electron chi connectivity index (χ0n) is 14.5. The number of esters is 1. The molecule has 2 aromatic carbocycles. The Morgan fingerprint density at radius 2 is 1.73 bits per heavy atom. The zero-order chi connectivity index (χ0) is 18.9. The summed E-state index contributed by atoms with van der Waals surface area (Å²) in [7, 11) is 1.51. The fraction of sp³-hybridized carbons (Fsp3) is 0.263.